The number of amides is 2. The number of para-hydroxylation sites is 2. The summed E-state index contributed by atoms with van der Waals surface area (Å²) in [6, 6.07) is 17.9. The summed E-state index contributed by atoms with van der Waals surface area (Å²) in [5.41, 5.74) is 2.03. The molecule has 2 aromatic rings. The first-order valence-electron chi connectivity index (χ1n) is 9.41. The van der Waals surface area contributed by atoms with Crippen molar-refractivity contribution in [1.82, 2.24) is 10.6 Å². The molecule has 28 heavy (non-hydrogen) atoms. The molecule has 0 bridgehead atoms. The third-order valence-electron chi connectivity index (χ3n) is 6.11. The molecule has 2 fully saturated rings. The van der Waals surface area contributed by atoms with Gasteiger partial charge in [0.25, 0.3) is 0 Å². The smallest absolute Gasteiger partial charge is 0.244 e. The van der Waals surface area contributed by atoms with Crippen LogP contribution in [-0.4, -0.2) is 42.6 Å². The lowest BCUT2D eigenvalue weighted by Crippen LogP contribution is -2.74. The molecule has 3 aliphatic rings. The van der Waals surface area contributed by atoms with Crippen molar-refractivity contribution in [3.8, 4) is 0 Å². The van der Waals surface area contributed by atoms with Crippen LogP contribution in [0.15, 0.2) is 54.6 Å². The number of carbonyl (C=O) groups excluding carboxylic acids is 2. The number of carbonyl (C=O) groups is 2. The lowest BCUT2D eigenvalue weighted by molar-refractivity contribution is -0.145. The van der Waals surface area contributed by atoms with Gasteiger partial charge in [-0.2, -0.15) is 0 Å². The highest BCUT2D eigenvalue weighted by Crippen LogP contribution is 2.44. The number of hydrogen-bond donors (Lipinski definition) is 2. The molecule has 0 radical (unpaired) electrons. The zero-order valence-electron chi connectivity index (χ0n) is 15.2. The van der Waals surface area contributed by atoms with E-state index in [-0.39, 0.29) is 23.0 Å². The lowest BCUT2D eigenvalue weighted by Gasteiger charge is -2.54. The molecular weight excluding hydrogens is 372 g/mol. The largest absolute Gasteiger partial charge is 0.368 e. The molecule has 0 aromatic heterocycles. The van der Waals surface area contributed by atoms with Gasteiger partial charge < -0.3 is 20.4 Å². The van der Waals surface area contributed by atoms with Crippen molar-refractivity contribution >= 4 is 40.5 Å². The fraction of sp³-hybridized carbons (Fsp3) is 0.286. The number of anilines is 2. The van der Waals surface area contributed by atoms with Crippen LogP contribution in [0.2, 0.25) is 0 Å². The summed E-state index contributed by atoms with van der Waals surface area (Å²) in [6.45, 7) is 2.15. The summed E-state index contributed by atoms with van der Waals surface area (Å²) in [7, 11) is 0. The highest BCUT2D eigenvalue weighted by atomic mass is 32.1. The van der Waals surface area contributed by atoms with Crippen molar-refractivity contribution in [2.75, 3.05) is 29.4 Å². The van der Waals surface area contributed by atoms with Gasteiger partial charge in [0, 0.05) is 31.0 Å². The Morgan fingerprint density at radius 1 is 0.929 bits per heavy atom. The molecule has 3 aliphatic heterocycles. The minimum Gasteiger partial charge on any atom is -0.368 e. The summed E-state index contributed by atoms with van der Waals surface area (Å²) in [6.07, 6.45) is 0.368. The van der Waals surface area contributed by atoms with Crippen molar-refractivity contribution in [3.05, 3.63) is 60.2 Å². The molecule has 7 heteroatoms. The van der Waals surface area contributed by atoms with Gasteiger partial charge in [-0.3, -0.25) is 9.59 Å². The second kappa shape index (κ2) is 6.31. The first-order chi connectivity index (χ1) is 13.6. The monoisotopic (exact) mass is 392 g/mol. The Morgan fingerprint density at radius 3 is 2.36 bits per heavy atom. The van der Waals surface area contributed by atoms with E-state index in [1.807, 2.05) is 36.4 Å². The van der Waals surface area contributed by atoms with Gasteiger partial charge in [-0.25, -0.2) is 0 Å². The topological polar surface area (TPSA) is 64.7 Å². The van der Waals surface area contributed by atoms with Gasteiger partial charge in [-0.05, 0) is 42.4 Å². The summed E-state index contributed by atoms with van der Waals surface area (Å²) in [5.74, 6) is -0.610. The minimum atomic E-state index is -1.20. The highest BCUT2D eigenvalue weighted by molar-refractivity contribution is 7.80. The Labute approximate surface area is 168 Å². The van der Waals surface area contributed by atoms with Crippen LogP contribution in [0.4, 0.5) is 11.4 Å². The van der Waals surface area contributed by atoms with E-state index in [0.29, 0.717) is 13.0 Å². The predicted molar refractivity (Wildman–Crippen MR) is 111 cm³/mol. The van der Waals surface area contributed by atoms with Crippen molar-refractivity contribution in [3.63, 3.8) is 0 Å². The number of nitrogens with one attached hydrogen (secondary N) is 2. The molecule has 2 saturated heterocycles. The quantitative estimate of drug-likeness (QED) is 0.568. The van der Waals surface area contributed by atoms with E-state index >= 15 is 0 Å². The Bertz CT molecular complexity index is 957. The maximum absolute atomic E-state index is 13.2. The Balaban J connectivity index is 1.61. The molecule has 0 aliphatic carbocycles. The van der Waals surface area contributed by atoms with Crippen LogP contribution < -0.4 is 20.4 Å². The van der Waals surface area contributed by atoms with Crippen LogP contribution in [0, 0.1) is 5.41 Å². The molecule has 6 nitrogen and oxygen atoms in total. The van der Waals surface area contributed by atoms with Gasteiger partial charge >= 0.3 is 0 Å². The highest BCUT2D eigenvalue weighted by Gasteiger charge is 2.60. The average Bonchev–Trinajstić information content (AvgIpc) is 2.72. The first kappa shape index (κ1) is 17.2. The molecule has 1 spiro atoms. The Morgan fingerprint density at radius 2 is 1.61 bits per heavy atom. The van der Waals surface area contributed by atoms with E-state index in [2.05, 4.69) is 38.6 Å². The fourth-order valence-electron chi connectivity index (χ4n) is 4.75. The molecule has 1 unspecified atom stereocenters. The molecule has 0 saturated carbocycles. The third-order valence-corrected chi connectivity index (χ3v) is 6.31. The second-order valence-electron chi connectivity index (χ2n) is 7.50. The van der Waals surface area contributed by atoms with Crippen molar-refractivity contribution < 1.29 is 9.59 Å². The van der Waals surface area contributed by atoms with Crippen LogP contribution >= 0.6 is 12.2 Å². The standard InChI is InChI=1S/C21H20N4O2S/c26-18-21(19(27)23-20(28)22-18)12-14-6-4-5-9-16(14)25-11-10-24(13-17(21)25)15-7-2-1-3-8-15/h1-9,17H,10-13H2,(H2,22,23,26,27,28). The van der Waals surface area contributed by atoms with E-state index < -0.39 is 5.41 Å². The molecule has 2 aromatic carbocycles. The van der Waals surface area contributed by atoms with Crippen LogP contribution in [0.3, 0.4) is 0 Å². The van der Waals surface area contributed by atoms with E-state index in [0.717, 1.165) is 30.0 Å². The fourth-order valence-corrected chi connectivity index (χ4v) is 4.94. The van der Waals surface area contributed by atoms with Crippen LogP contribution in [0.25, 0.3) is 0 Å². The molecule has 2 amide bonds. The van der Waals surface area contributed by atoms with Crippen molar-refractivity contribution in [2.24, 2.45) is 5.41 Å². The second-order valence-corrected chi connectivity index (χ2v) is 7.91. The van der Waals surface area contributed by atoms with Crippen molar-refractivity contribution in [2.45, 2.75) is 12.5 Å². The van der Waals surface area contributed by atoms with Gasteiger partial charge in [0.2, 0.25) is 11.8 Å². The zero-order valence-corrected chi connectivity index (χ0v) is 16.0. The van der Waals surface area contributed by atoms with E-state index in [4.69, 9.17) is 12.2 Å². The molecular formula is C21H20N4O2S. The number of fused-ring (bicyclic) bond motifs is 4. The number of hydrogen-bond acceptors (Lipinski definition) is 5. The normalized spacial score (nSPS) is 23.0. The molecule has 142 valence electrons. The van der Waals surface area contributed by atoms with Crippen molar-refractivity contribution in [1.29, 1.82) is 0 Å². The molecule has 3 heterocycles. The Kier molecular flexibility index (Phi) is 3.87. The number of thiocarbonyl (C=S) groups is 1. The maximum Gasteiger partial charge on any atom is 0.244 e. The number of benzene rings is 2. The van der Waals surface area contributed by atoms with Crippen LogP contribution in [0.5, 0.6) is 0 Å². The lowest BCUT2D eigenvalue weighted by atomic mass is 9.68. The molecule has 1 atom stereocenters. The summed E-state index contributed by atoms with van der Waals surface area (Å²) in [5, 5.41) is 5.49. The summed E-state index contributed by atoms with van der Waals surface area (Å²) < 4.78 is 0. The van der Waals surface area contributed by atoms with Crippen LogP contribution in [0.1, 0.15) is 5.56 Å². The Hall–Kier alpha value is -2.93. The SMILES string of the molecule is O=C1NC(=S)NC(=O)C12Cc1ccccc1N1CCN(c3ccccc3)CC12. The number of piperazine rings is 1. The van der Waals surface area contributed by atoms with Gasteiger partial charge in [0.05, 0.1) is 6.04 Å². The van der Waals surface area contributed by atoms with Gasteiger partial charge in [0.1, 0.15) is 0 Å². The zero-order chi connectivity index (χ0) is 19.3. The summed E-state index contributed by atoms with van der Waals surface area (Å²) >= 11 is 5.05. The molecule has 5 rings (SSSR count). The number of nitrogens with zero attached hydrogens (tertiary/aromatic N) is 2. The van der Waals surface area contributed by atoms with Gasteiger partial charge in [0.15, 0.2) is 10.5 Å². The maximum atomic E-state index is 13.2. The van der Waals surface area contributed by atoms with Crippen LogP contribution in [-0.2, 0) is 16.0 Å². The molecule has 2 N–H and O–H groups in total. The summed E-state index contributed by atoms with van der Waals surface area (Å²) in [4.78, 5) is 30.9. The van der Waals surface area contributed by atoms with E-state index in [1.54, 1.807) is 0 Å². The van der Waals surface area contributed by atoms with E-state index in [9.17, 15) is 9.59 Å². The predicted octanol–water partition coefficient (Wildman–Crippen LogP) is 1.46. The minimum absolute atomic E-state index is 0.0850. The average molecular weight is 392 g/mol. The van der Waals surface area contributed by atoms with Gasteiger partial charge in [-0.15, -0.1) is 0 Å². The number of rotatable bonds is 1. The van der Waals surface area contributed by atoms with E-state index in [1.165, 1.54) is 0 Å². The third kappa shape index (κ3) is 2.43. The first-order valence-corrected chi connectivity index (χ1v) is 9.82. The van der Waals surface area contributed by atoms with Gasteiger partial charge in [-0.1, -0.05) is 36.4 Å².